The Morgan fingerprint density at radius 1 is 0.657 bits per heavy atom. The van der Waals surface area contributed by atoms with Gasteiger partial charge in [0.1, 0.15) is 41.8 Å². The summed E-state index contributed by atoms with van der Waals surface area (Å²) in [7, 11) is -4.25. The summed E-state index contributed by atoms with van der Waals surface area (Å²) >= 11 is 8.96. The van der Waals surface area contributed by atoms with E-state index in [0.717, 1.165) is 0 Å². The van der Waals surface area contributed by atoms with Gasteiger partial charge < -0.3 is 21.9 Å². The fraction of sp³-hybridized carbons (Fsp3) is 0.545. The predicted molar refractivity (Wildman–Crippen MR) is 283 cm³/mol. The summed E-state index contributed by atoms with van der Waals surface area (Å²) in [5.41, 5.74) is -0.150. The molecule has 0 heterocycles. The van der Waals surface area contributed by atoms with Gasteiger partial charge in [-0.3, -0.25) is 9.93 Å². The smallest absolute Gasteiger partial charge is 1.00 e. The van der Waals surface area contributed by atoms with Crippen molar-refractivity contribution in [2.24, 2.45) is 9.54 Å². The van der Waals surface area contributed by atoms with Crippen LogP contribution in [0.1, 0.15) is 119 Å². The van der Waals surface area contributed by atoms with E-state index in [9.17, 15) is 43.8 Å². The molecule has 0 aliphatic heterocycles. The molecule has 0 aliphatic carbocycles. The SMILES string of the molecule is CC(C)(C)[S@@](N)=O.CC(C)(C)[S@](=O)N=C(CF)c1cccc(Br)c1F.CC(C)(C)[S@](=O)NC(CF)c1cccc(Br)c1F.CCO.CCO.CCO.CCO.O=C(CF)c1cccc(Br)c1F.[B].[H-].[Na+].[Ti]. The summed E-state index contributed by atoms with van der Waals surface area (Å²) in [5.74, 6) is -2.67. The maximum absolute atomic E-state index is 13.8. The van der Waals surface area contributed by atoms with Crippen LogP contribution in [0.4, 0.5) is 26.3 Å². The van der Waals surface area contributed by atoms with Crippen LogP contribution in [0.3, 0.4) is 0 Å². The van der Waals surface area contributed by atoms with Crippen molar-refractivity contribution in [3.63, 3.8) is 0 Å². The van der Waals surface area contributed by atoms with Crippen molar-refractivity contribution in [3.05, 3.63) is 102 Å². The second kappa shape index (κ2) is 48.6. The molecule has 0 fully saturated rings. The van der Waals surface area contributed by atoms with Gasteiger partial charge >= 0.3 is 29.6 Å². The summed E-state index contributed by atoms with van der Waals surface area (Å²) in [4.78, 5) is 10.8. The summed E-state index contributed by atoms with van der Waals surface area (Å²) < 4.78 is 118. The third-order valence-corrected chi connectivity index (χ3v) is 12.5. The van der Waals surface area contributed by atoms with Crippen LogP contribution in [0.15, 0.2) is 72.4 Å². The van der Waals surface area contributed by atoms with E-state index in [0.29, 0.717) is 0 Å². The Morgan fingerprint density at radius 3 is 1.29 bits per heavy atom. The van der Waals surface area contributed by atoms with Crippen LogP contribution in [0, 0.1) is 17.5 Å². The summed E-state index contributed by atoms with van der Waals surface area (Å²) in [5, 5.41) is 35.3. The Bertz CT molecular complexity index is 1950. The van der Waals surface area contributed by atoms with Crippen LogP contribution < -0.4 is 39.4 Å². The third kappa shape index (κ3) is 41.3. The molecule has 3 radical (unpaired) electrons. The largest absolute Gasteiger partial charge is 1.00 e. The van der Waals surface area contributed by atoms with Gasteiger partial charge in [0, 0.05) is 67.7 Å². The zero-order valence-electron chi connectivity index (χ0n) is 43.4. The minimum Gasteiger partial charge on any atom is -1.00 e. The quantitative estimate of drug-likeness (QED) is 0.0554. The molecule has 3 aromatic carbocycles. The monoisotopic (exact) mass is 1300 g/mol. The van der Waals surface area contributed by atoms with E-state index < -0.39 is 91.8 Å². The maximum Gasteiger partial charge on any atom is 1.00 e. The van der Waals surface area contributed by atoms with Crippen molar-refractivity contribution in [1.82, 2.24) is 4.72 Å². The molecule has 0 saturated carbocycles. The number of carbonyl (C=O) groups excluding carboxylic acids is 1. The molecule has 0 saturated heterocycles. The average molecular weight is 1300 g/mol. The molecule has 0 aromatic heterocycles. The van der Waals surface area contributed by atoms with Crippen LogP contribution in [-0.2, 0) is 54.7 Å². The second-order valence-corrected chi connectivity index (χ2v) is 23.6. The number of hydrogen-bond donors (Lipinski definition) is 6. The number of nitrogens with one attached hydrogen (secondary N) is 1. The molecule has 0 amide bonds. The number of aliphatic hydroxyl groups is 4. The molecule has 11 nitrogen and oxygen atoms in total. The summed E-state index contributed by atoms with van der Waals surface area (Å²) in [6, 6.07) is 12.4. The normalized spacial score (nSPS) is 12.1. The van der Waals surface area contributed by atoms with Gasteiger partial charge in [-0.25, -0.2) is 43.7 Å². The predicted octanol–water partition coefficient (Wildman–Crippen LogP) is 7.33. The number of carbonyl (C=O) groups is 1. The van der Waals surface area contributed by atoms with Gasteiger partial charge in [-0.1, -0.05) is 24.3 Å². The third-order valence-electron chi connectivity index (χ3n) is 6.40. The van der Waals surface area contributed by atoms with Gasteiger partial charge in [-0.15, -0.1) is 0 Å². The molecule has 3 rings (SSSR count). The molecule has 3 aromatic rings. The Kier molecular flexibility index (Phi) is 60.2. The topological polar surface area (TPSA) is 200 Å². The van der Waals surface area contributed by atoms with E-state index in [-0.39, 0.29) is 128 Å². The fourth-order valence-corrected chi connectivity index (χ4v) is 5.71. The number of nitrogens with zero attached hydrogens (tertiary/aromatic N) is 1. The van der Waals surface area contributed by atoms with Gasteiger partial charge in [-0.05, 0) is 168 Å². The van der Waals surface area contributed by atoms with E-state index >= 15 is 0 Å². The number of Topliss-reactive ketones (excluding diaryl/α,β-unsaturated/α-hetero) is 1. The van der Waals surface area contributed by atoms with E-state index in [1.807, 2.05) is 20.8 Å². The number of aliphatic hydroxyl groups excluding tert-OH is 4. The standard InChI is InChI=1S/C12H16BrF2NOS.C12H14BrF2NOS.C8H5BrF2O.C4H11NOS.4C2H6O.B.Na.Ti.H/c2*1-12(2,3)18(17)16-10(7-14)8-5-4-6-9(13)11(8)15;9-6-3-1-2-5(8(6)11)7(12)4-10;1-4(2,3)7(5)6;4*1-2-3;;;;/h4-6,10,16H,7H2,1-3H3;4-6H,7H2,1-3H3;1-3H,4H2;5H2,1-3H3;4*3H,2H2,1H3;;;;/q;;;;;;;;;+1;;-1/t10?,18-;18-;;7-;;;;;;;;/m00.0......../s1. The number of hydrogen-bond acceptors (Lipinski definition) is 8. The van der Waals surface area contributed by atoms with Gasteiger partial charge in [-0.2, -0.15) is 4.40 Å². The first kappa shape index (κ1) is 86.7. The molecule has 0 aliphatic rings. The van der Waals surface area contributed by atoms with E-state index in [1.54, 1.807) is 81.4 Å². The Labute approximate surface area is 486 Å². The first-order valence-electron chi connectivity index (χ1n) is 20.1. The molecule has 0 spiro atoms. The molecule has 7 N–H and O–H groups in total. The van der Waals surface area contributed by atoms with Gasteiger partial charge in [0.2, 0.25) is 0 Å². The van der Waals surface area contributed by atoms with Crippen LogP contribution >= 0.6 is 47.8 Å². The number of ketones is 1. The molecule has 4 atom stereocenters. The Hall–Kier alpha value is 0.00922. The van der Waals surface area contributed by atoms with Crippen molar-refractivity contribution in [3.8, 4) is 0 Å². The molecule has 0 bridgehead atoms. The van der Waals surface area contributed by atoms with Crippen molar-refractivity contribution < 1.29 is 117 Å². The number of rotatable bonds is 9. The minimum atomic E-state index is -1.62. The van der Waals surface area contributed by atoms with E-state index in [1.165, 1.54) is 42.5 Å². The number of alkyl halides is 3. The van der Waals surface area contributed by atoms with Crippen LogP contribution in [0.5, 0.6) is 0 Å². The fourth-order valence-electron chi connectivity index (χ4n) is 3.17. The first-order chi connectivity index (χ1) is 30.8. The second-order valence-electron chi connectivity index (χ2n) is 15.3. The van der Waals surface area contributed by atoms with Crippen LogP contribution in [-0.4, -0.2) is 114 Å². The molecule has 70 heavy (non-hydrogen) atoms. The summed E-state index contributed by atoms with van der Waals surface area (Å²) in [6.45, 7) is 20.7. The molecule has 26 heteroatoms. The number of halogens is 9. The van der Waals surface area contributed by atoms with Gasteiger partial charge in [0.05, 0.1) is 66.9 Å². The molecule has 1 unspecified atom stereocenters. The average Bonchev–Trinajstić information content (AvgIpc) is 3.22. The minimum absolute atomic E-state index is 0. The molecular weight excluding hydrogens is 1230 g/mol. The van der Waals surface area contributed by atoms with Crippen molar-refractivity contribution in [1.29, 1.82) is 0 Å². The van der Waals surface area contributed by atoms with Crippen LogP contribution in [0.2, 0.25) is 0 Å². The van der Waals surface area contributed by atoms with Gasteiger partial charge in [0.25, 0.3) is 0 Å². The number of benzene rings is 3. The zero-order chi connectivity index (χ0) is 53.9. The molecular formula is C44H71BBr3F6N3NaO8S3Ti. The zero-order valence-corrected chi connectivity index (χ0v) is 53.1. The summed E-state index contributed by atoms with van der Waals surface area (Å²) in [6.07, 6.45) is 0. The van der Waals surface area contributed by atoms with Crippen molar-refractivity contribution in [2.75, 3.05) is 46.5 Å². The first-order valence-corrected chi connectivity index (χ1v) is 26.0. The van der Waals surface area contributed by atoms with Gasteiger partial charge in [0.15, 0.2) is 12.5 Å². The Morgan fingerprint density at radius 2 is 0.986 bits per heavy atom. The van der Waals surface area contributed by atoms with Crippen LogP contribution in [0.25, 0.3) is 0 Å². The van der Waals surface area contributed by atoms with E-state index in [2.05, 4.69) is 56.9 Å². The maximum atomic E-state index is 13.8. The van der Waals surface area contributed by atoms with E-state index in [4.69, 9.17) is 25.6 Å². The molecule has 399 valence electrons. The number of nitrogens with two attached hydrogens (primary N) is 1. The van der Waals surface area contributed by atoms with Crippen molar-refractivity contribution in [2.45, 2.75) is 110 Å². The van der Waals surface area contributed by atoms with Crippen molar-refractivity contribution >= 4 is 101 Å². The Balaban J connectivity index is -0.0000000969.